The first-order chi connectivity index (χ1) is 6.77. The normalized spacial score (nSPS) is 23.7. The molecular weight excluding hydrogens is 179 g/mol. The van der Waals surface area contributed by atoms with Crippen LogP contribution in [0.15, 0.2) is 24.3 Å². The van der Waals surface area contributed by atoms with Gasteiger partial charge in [0.2, 0.25) is 0 Å². The van der Waals surface area contributed by atoms with Gasteiger partial charge in [0.1, 0.15) is 5.82 Å². The van der Waals surface area contributed by atoms with Crippen molar-refractivity contribution in [2.24, 2.45) is 0 Å². The van der Waals surface area contributed by atoms with Gasteiger partial charge in [-0.2, -0.15) is 0 Å². The molecule has 0 saturated carbocycles. The summed E-state index contributed by atoms with van der Waals surface area (Å²) in [6, 6.07) is 7.12. The van der Waals surface area contributed by atoms with Crippen LogP contribution in [-0.2, 0) is 0 Å². The van der Waals surface area contributed by atoms with Gasteiger partial charge < -0.3 is 10.2 Å². The first kappa shape index (κ1) is 9.62. The number of hydrogen-bond donors (Lipinski definition) is 1. The van der Waals surface area contributed by atoms with Crippen molar-refractivity contribution in [3.8, 4) is 0 Å². The number of likely N-dealkylation sites (N-methyl/N-ethyl adjacent to an activating group) is 1. The van der Waals surface area contributed by atoms with Crippen molar-refractivity contribution in [1.82, 2.24) is 10.2 Å². The molecule has 1 aromatic rings. The lowest BCUT2D eigenvalue weighted by Gasteiger charge is -2.31. The van der Waals surface area contributed by atoms with Crippen molar-refractivity contribution in [3.63, 3.8) is 0 Å². The third-order valence-electron chi connectivity index (χ3n) is 2.66. The molecule has 1 unspecified atom stereocenters. The third-order valence-corrected chi connectivity index (χ3v) is 2.66. The van der Waals surface area contributed by atoms with Crippen LogP contribution in [-0.4, -0.2) is 31.6 Å². The van der Waals surface area contributed by atoms with Gasteiger partial charge in [0, 0.05) is 31.2 Å². The molecule has 1 saturated heterocycles. The van der Waals surface area contributed by atoms with Crippen LogP contribution in [0.25, 0.3) is 0 Å². The highest BCUT2D eigenvalue weighted by atomic mass is 19.1. The molecular formula is C11H15FN2. The number of hydrogen-bond acceptors (Lipinski definition) is 2. The van der Waals surface area contributed by atoms with E-state index in [1.165, 1.54) is 6.07 Å². The zero-order chi connectivity index (χ0) is 9.97. The Hall–Kier alpha value is -0.930. The largest absolute Gasteiger partial charge is 0.307 e. The molecule has 0 bridgehead atoms. The standard InChI is InChI=1S/C11H15FN2/c1-14-7-6-13-11(8-14)9-4-2-3-5-10(9)12/h2-5,11,13H,6-8H2,1H3. The quantitative estimate of drug-likeness (QED) is 0.727. The second-order valence-corrected chi connectivity index (χ2v) is 3.79. The first-order valence-electron chi connectivity index (χ1n) is 4.94. The monoisotopic (exact) mass is 194 g/mol. The predicted octanol–water partition coefficient (Wildman–Crippen LogP) is 1.40. The average molecular weight is 194 g/mol. The van der Waals surface area contributed by atoms with Crippen molar-refractivity contribution in [1.29, 1.82) is 0 Å². The van der Waals surface area contributed by atoms with Crippen LogP contribution in [0.1, 0.15) is 11.6 Å². The van der Waals surface area contributed by atoms with Gasteiger partial charge in [-0.05, 0) is 13.1 Å². The van der Waals surface area contributed by atoms with Crippen LogP contribution in [0.5, 0.6) is 0 Å². The highest BCUT2D eigenvalue weighted by Crippen LogP contribution is 2.19. The van der Waals surface area contributed by atoms with Crippen LogP contribution >= 0.6 is 0 Å². The molecule has 3 heteroatoms. The third kappa shape index (κ3) is 1.94. The second-order valence-electron chi connectivity index (χ2n) is 3.79. The summed E-state index contributed by atoms with van der Waals surface area (Å²) in [6.07, 6.45) is 0. The van der Waals surface area contributed by atoms with E-state index in [4.69, 9.17) is 0 Å². The molecule has 0 aromatic heterocycles. The molecule has 14 heavy (non-hydrogen) atoms. The minimum absolute atomic E-state index is 0.111. The van der Waals surface area contributed by atoms with E-state index in [1.54, 1.807) is 6.07 Å². The van der Waals surface area contributed by atoms with E-state index < -0.39 is 0 Å². The zero-order valence-electron chi connectivity index (χ0n) is 8.33. The molecule has 76 valence electrons. The summed E-state index contributed by atoms with van der Waals surface area (Å²) in [5, 5.41) is 3.32. The van der Waals surface area contributed by atoms with Crippen molar-refractivity contribution in [3.05, 3.63) is 35.6 Å². The average Bonchev–Trinajstić information content (AvgIpc) is 2.18. The number of piperazine rings is 1. The Balaban J connectivity index is 2.18. The molecule has 0 aliphatic carbocycles. The highest BCUT2D eigenvalue weighted by molar-refractivity contribution is 5.22. The fraction of sp³-hybridized carbons (Fsp3) is 0.455. The summed E-state index contributed by atoms with van der Waals surface area (Å²) in [6.45, 7) is 2.83. The fourth-order valence-electron chi connectivity index (χ4n) is 1.86. The van der Waals surface area contributed by atoms with E-state index in [1.807, 2.05) is 12.1 Å². The summed E-state index contributed by atoms with van der Waals surface area (Å²) in [4.78, 5) is 2.22. The number of rotatable bonds is 1. The molecule has 0 radical (unpaired) electrons. The first-order valence-corrected chi connectivity index (χ1v) is 4.94. The maximum Gasteiger partial charge on any atom is 0.128 e. The van der Waals surface area contributed by atoms with Gasteiger partial charge in [-0.1, -0.05) is 18.2 Å². The maximum atomic E-state index is 13.4. The number of nitrogens with one attached hydrogen (secondary N) is 1. The molecule has 1 atom stereocenters. The minimum atomic E-state index is -0.111. The van der Waals surface area contributed by atoms with Crippen molar-refractivity contribution in [2.45, 2.75) is 6.04 Å². The molecule has 2 rings (SSSR count). The van der Waals surface area contributed by atoms with Gasteiger partial charge in [-0.15, -0.1) is 0 Å². The molecule has 1 aliphatic rings. The summed E-state index contributed by atoms with van der Waals surface area (Å²) in [5.74, 6) is -0.111. The van der Waals surface area contributed by atoms with E-state index in [9.17, 15) is 4.39 Å². The molecule has 1 heterocycles. The molecule has 0 spiro atoms. The van der Waals surface area contributed by atoms with Gasteiger partial charge in [-0.25, -0.2) is 4.39 Å². The molecule has 2 nitrogen and oxygen atoms in total. The van der Waals surface area contributed by atoms with Crippen molar-refractivity contribution >= 4 is 0 Å². The Morgan fingerprint density at radius 3 is 2.93 bits per heavy atom. The Kier molecular flexibility index (Phi) is 2.79. The Labute approximate surface area is 83.7 Å². The summed E-state index contributed by atoms with van der Waals surface area (Å²) in [7, 11) is 2.06. The van der Waals surface area contributed by atoms with Gasteiger partial charge in [-0.3, -0.25) is 0 Å². The lowest BCUT2D eigenvalue weighted by Crippen LogP contribution is -2.43. The van der Waals surface area contributed by atoms with Gasteiger partial charge in [0.25, 0.3) is 0 Å². The van der Waals surface area contributed by atoms with E-state index >= 15 is 0 Å². The van der Waals surface area contributed by atoms with Crippen LogP contribution in [0.4, 0.5) is 4.39 Å². The van der Waals surface area contributed by atoms with Gasteiger partial charge in [0.05, 0.1) is 0 Å². The topological polar surface area (TPSA) is 15.3 Å². The second kappa shape index (κ2) is 4.07. The van der Waals surface area contributed by atoms with Crippen LogP contribution in [0.2, 0.25) is 0 Å². The van der Waals surface area contributed by atoms with Crippen LogP contribution < -0.4 is 5.32 Å². The van der Waals surface area contributed by atoms with Gasteiger partial charge in [0.15, 0.2) is 0 Å². The Morgan fingerprint density at radius 1 is 1.43 bits per heavy atom. The van der Waals surface area contributed by atoms with Crippen molar-refractivity contribution < 1.29 is 4.39 Å². The zero-order valence-corrected chi connectivity index (χ0v) is 8.33. The summed E-state index contributed by atoms with van der Waals surface area (Å²) >= 11 is 0. The lowest BCUT2D eigenvalue weighted by atomic mass is 10.0. The SMILES string of the molecule is CN1CCNC(c2ccccc2F)C1. The van der Waals surface area contributed by atoms with Crippen molar-refractivity contribution in [2.75, 3.05) is 26.7 Å². The molecule has 1 fully saturated rings. The van der Waals surface area contributed by atoms with E-state index in [0.29, 0.717) is 0 Å². The number of benzene rings is 1. The van der Waals surface area contributed by atoms with Crippen LogP contribution in [0, 0.1) is 5.82 Å². The molecule has 0 amide bonds. The number of nitrogens with zero attached hydrogens (tertiary/aromatic N) is 1. The number of halogens is 1. The Bertz CT molecular complexity index is 314. The molecule has 1 aromatic carbocycles. The van der Waals surface area contributed by atoms with Crippen LogP contribution in [0.3, 0.4) is 0 Å². The van der Waals surface area contributed by atoms with E-state index in [0.717, 1.165) is 25.2 Å². The predicted molar refractivity (Wildman–Crippen MR) is 54.6 cm³/mol. The van der Waals surface area contributed by atoms with Gasteiger partial charge >= 0.3 is 0 Å². The minimum Gasteiger partial charge on any atom is -0.307 e. The lowest BCUT2D eigenvalue weighted by molar-refractivity contribution is 0.238. The highest BCUT2D eigenvalue weighted by Gasteiger charge is 2.20. The smallest absolute Gasteiger partial charge is 0.128 e. The van der Waals surface area contributed by atoms with E-state index in [2.05, 4.69) is 17.3 Å². The molecule has 1 N–H and O–H groups in total. The molecule has 1 aliphatic heterocycles. The summed E-state index contributed by atoms with van der Waals surface area (Å²) in [5.41, 5.74) is 0.777. The fourth-order valence-corrected chi connectivity index (χ4v) is 1.86. The van der Waals surface area contributed by atoms with E-state index in [-0.39, 0.29) is 11.9 Å². The Morgan fingerprint density at radius 2 is 2.21 bits per heavy atom. The maximum absolute atomic E-state index is 13.4. The summed E-state index contributed by atoms with van der Waals surface area (Å²) < 4.78 is 13.4.